The van der Waals surface area contributed by atoms with E-state index in [0.29, 0.717) is 6.61 Å². The normalized spacial score (nSPS) is 26.8. The summed E-state index contributed by atoms with van der Waals surface area (Å²) in [6.07, 6.45) is 0.170. The van der Waals surface area contributed by atoms with Gasteiger partial charge in [0.15, 0.2) is 0 Å². The van der Waals surface area contributed by atoms with Crippen LogP contribution in [0.3, 0.4) is 0 Å². The lowest BCUT2D eigenvalue weighted by Gasteiger charge is -2.29. The van der Waals surface area contributed by atoms with E-state index in [1.165, 1.54) is 0 Å². The minimum atomic E-state index is -0.765. The Bertz CT molecular complexity index is 149. The van der Waals surface area contributed by atoms with Gasteiger partial charge in [0.1, 0.15) is 0 Å². The number of hydrogen-bond acceptors (Lipinski definition) is 3. The zero-order valence-corrected chi connectivity index (χ0v) is 6.62. The fourth-order valence-electron chi connectivity index (χ4n) is 1.23. The molecule has 4 nitrogen and oxygen atoms in total. The van der Waals surface area contributed by atoms with Crippen LogP contribution in [0.25, 0.3) is 0 Å². The minimum Gasteiger partial charge on any atom is -0.480 e. The van der Waals surface area contributed by atoms with Gasteiger partial charge in [-0.3, -0.25) is 9.69 Å². The molecule has 0 bridgehead atoms. The first-order valence-corrected chi connectivity index (χ1v) is 3.74. The number of aliphatic carboxylic acids is 1. The predicted octanol–water partition coefficient (Wildman–Crippen LogP) is -0.208. The van der Waals surface area contributed by atoms with Gasteiger partial charge in [0.2, 0.25) is 0 Å². The average molecular weight is 159 g/mol. The highest BCUT2D eigenvalue weighted by Gasteiger charge is 2.17. The van der Waals surface area contributed by atoms with Crippen LogP contribution >= 0.6 is 0 Å². The fourth-order valence-corrected chi connectivity index (χ4v) is 1.23. The molecule has 0 aromatic carbocycles. The van der Waals surface area contributed by atoms with Gasteiger partial charge in [0.05, 0.1) is 19.3 Å². The Morgan fingerprint density at radius 2 is 2.55 bits per heavy atom. The summed E-state index contributed by atoms with van der Waals surface area (Å²) in [4.78, 5) is 12.2. The molecule has 0 radical (unpaired) electrons. The highest BCUT2D eigenvalue weighted by Crippen LogP contribution is 2.02. The molecule has 0 aromatic heterocycles. The maximum absolute atomic E-state index is 10.3. The van der Waals surface area contributed by atoms with E-state index in [4.69, 9.17) is 9.84 Å². The summed E-state index contributed by atoms with van der Waals surface area (Å²) < 4.78 is 5.26. The third-order valence-corrected chi connectivity index (χ3v) is 1.68. The smallest absolute Gasteiger partial charge is 0.317 e. The third-order valence-electron chi connectivity index (χ3n) is 1.68. The van der Waals surface area contributed by atoms with Crippen molar-refractivity contribution < 1.29 is 14.6 Å². The topological polar surface area (TPSA) is 49.8 Å². The van der Waals surface area contributed by atoms with Gasteiger partial charge in [-0.05, 0) is 6.92 Å². The van der Waals surface area contributed by atoms with E-state index < -0.39 is 5.97 Å². The Kier molecular flexibility index (Phi) is 2.84. The number of morpholine rings is 1. The van der Waals surface area contributed by atoms with Gasteiger partial charge in [0, 0.05) is 13.1 Å². The Labute approximate surface area is 65.8 Å². The molecule has 64 valence electrons. The fraction of sp³-hybridized carbons (Fsp3) is 0.857. The second kappa shape index (κ2) is 3.69. The lowest BCUT2D eigenvalue weighted by molar-refractivity contribution is -0.140. The molecular weight excluding hydrogens is 146 g/mol. The van der Waals surface area contributed by atoms with Gasteiger partial charge in [-0.2, -0.15) is 0 Å². The van der Waals surface area contributed by atoms with Crippen molar-refractivity contribution in [3.05, 3.63) is 0 Å². The van der Waals surface area contributed by atoms with Gasteiger partial charge in [-0.25, -0.2) is 0 Å². The number of ether oxygens (including phenoxy) is 1. The molecule has 0 aromatic rings. The molecule has 1 aliphatic heterocycles. The molecule has 0 saturated carbocycles. The highest BCUT2D eigenvalue weighted by atomic mass is 16.5. The molecule has 1 aliphatic rings. The van der Waals surface area contributed by atoms with Gasteiger partial charge < -0.3 is 9.84 Å². The Morgan fingerprint density at radius 1 is 1.82 bits per heavy atom. The number of hydrogen-bond donors (Lipinski definition) is 1. The first-order chi connectivity index (χ1) is 5.18. The Morgan fingerprint density at radius 3 is 3.09 bits per heavy atom. The van der Waals surface area contributed by atoms with E-state index in [9.17, 15) is 4.79 Å². The molecule has 0 amide bonds. The third kappa shape index (κ3) is 2.86. The molecule has 1 N–H and O–H groups in total. The summed E-state index contributed by atoms with van der Waals surface area (Å²) in [5, 5.41) is 8.47. The Hall–Kier alpha value is -0.610. The number of carbonyl (C=O) groups is 1. The van der Waals surface area contributed by atoms with Gasteiger partial charge >= 0.3 is 5.97 Å². The molecule has 1 heterocycles. The molecule has 1 unspecified atom stereocenters. The van der Waals surface area contributed by atoms with Crippen molar-refractivity contribution in [1.82, 2.24) is 4.90 Å². The molecule has 0 spiro atoms. The molecule has 1 fully saturated rings. The largest absolute Gasteiger partial charge is 0.480 e. The Balaban J connectivity index is 2.28. The summed E-state index contributed by atoms with van der Waals surface area (Å²) in [6.45, 7) is 4.19. The highest BCUT2D eigenvalue weighted by molar-refractivity contribution is 5.69. The van der Waals surface area contributed by atoms with Gasteiger partial charge in [0.25, 0.3) is 0 Å². The number of rotatable bonds is 2. The van der Waals surface area contributed by atoms with E-state index in [-0.39, 0.29) is 12.6 Å². The van der Waals surface area contributed by atoms with Crippen LogP contribution in [0.5, 0.6) is 0 Å². The average Bonchev–Trinajstić information content (AvgIpc) is 1.85. The van der Waals surface area contributed by atoms with Crippen LogP contribution in [0, 0.1) is 0 Å². The standard InChI is InChI=1S/C7H13NO3/c1-6-4-8(2-3-11-6)5-7(9)10/h6H,2-5H2,1H3,(H,9,10). The maximum atomic E-state index is 10.3. The van der Waals surface area contributed by atoms with E-state index in [2.05, 4.69) is 0 Å². The predicted molar refractivity (Wildman–Crippen MR) is 39.5 cm³/mol. The van der Waals surface area contributed by atoms with E-state index in [1.54, 1.807) is 0 Å². The summed E-state index contributed by atoms with van der Waals surface area (Å²) in [5.41, 5.74) is 0. The van der Waals surface area contributed by atoms with Crippen LogP contribution in [0.4, 0.5) is 0 Å². The van der Waals surface area contributed by atoms with Crippen molar-refractivity contribution in [3.8, 4) is 0 Å². The summed E-state index contributed by atoms with van der Waals surface area (Å²) in [7, 11) is 0. The first-order valence-electron chi connectivity index (χ1n) is 3.74. The quantitative estimate of drug-likeness (QED) is 0.605. The van der Waals surface area contributed by atoms with Crippen LogP contribution in [0.1, 0.15) is 6.92 Å². The second-order valence-electron chi connectivity index (χ2n) is 2.81. The van der Waals surface area contributed by atoms with Crippen LogP contribution in [-0.2, 0) is 9.53 Å². The van der Waals surface area contributed by atoms with Gasteiger partial charge in [-0.15, -0.1) is 0 Å². The van der Waals surface area contributed by atoms with Gasteiger partial charge in [-0.1, -0.05) is 0 Å². The molecule has 0 aliphatic carbocycles. The van der Waals surface area contributed by atoms with Crippen molar-refractivity contribution in [1.29, 1.82) is 0 Å². The second-order valence-corrected chi connectivity index (χ2v) is 2.81. The van der Waals surface area contributed by atoms with E-state index in [0.717, 1.165) is 13.1 Å². The lowest BCUT2D eigenvalue weighted by atomic mass is 10.3. The zero-order valence-electron chi connectivity index (χ0n) is 6.62. The van der Waals surface area contributed by atoms with Crippen molar-refractivity contribution in [3.63, 3.8) is 0 Å². The first kappa shape index (κ1) is 8.49. The molecule has 11 heavy (non-hydrogen) atoms. The zero-order chi connectivity index (χ0) is 8.27. The van der Waals surface area contributed by atoms with Crippen LogP contribution < -0.4 is 0 Å². The van der Waals surface area contributed by atoms with Crippen LogP contribution in [0.2, 0.25) is 0 Å². The van der Waals surface area contributed by atoms with Crippen LogP contribution in [0.15, 0.2) is 0 Å². The van der Waals surface area contributed by atoms with Crippen molar-refractivity contribution in [2.45, 2.75) is 13.0 Å². The summed E-state index contributed by atoms with van der Waals surface area (Å²) in [5.74, 6) is -0.765. The summed E-state index contributed by atoms with van der Waals surface area (Å²) >= 11 is 0. The van der Waals surface area contributed by atoms with Crippen molar-refractivity contribution in [2.24, 2.45) is 0 Å². The monoisotopic (exact) mass is 159 g/mol. The number of carboxylic acids is 1. The number of nitrogens with zero attached hydrogens (tertiary/aromatic N) is 1. The molecule has 1 rings (SSSR count). The molecule has 1 saturated heterocycles. The molecular formula is C7H13NO3. The van der Waals surface area contributed by atoms with Crippen LogP contribution in [-0.4, -0.2) is 48.3 Å². The lowest BCUT2D eigenvalue weighted by Crippen LogP contribution is -2.43. The van der Waals surface area contributed by atoms with Crippen molar-refractivity contribution in [2.75, 3.05) is 26.2 Å². The molecule has 4 heteroatoms. The summed E-state index contributed by atoms with van der Waals surface area (Å²) in [6, 6.07) is 0. The van der Waals surface area contributed by atoms with E-state index in [1.807, 2.05) is 11.8 Å². The molecule has 1 atom stereocenters. The van der Waals surface area contributed by atoms with E-state index >= 15 is 0 Å². The SMILES string of the molecule is CC1CN(CC(=O)O)CCO1. The van der Waals surface area contributed by atoms with Crippen molar-refractivity contribution >= 4 is 5.97 Å². The maximum Gasteiger partial charge on any atom is 0.317 e. The minimum absolute atomic E-state index is 0.133. The number of carboxylic acid groups (broad SMARTS) is 1.